The minimum atomic E-state index is 0.0721. The number of ether oxygens (including phenoxy) is 2. The third-order valence-corrected chi connectivity index (χ3v) is 2.40. The molecular weight excluding hydrogens is 234 g/mol. The highest BCUT2D eigenvalue weighted by Crippen LogP contribution is 2.36. The number of para-hydroxylation sites is 1. The monoisotopic (exact) mass is 245 g/mol. The van der Waals surface area contributed by atoms with Gasteiger partial charge in [-0.1, -0.05) is 6.07 Å². The average Bonchev–Trinajstić information content (AvgIpc) is 2.86. The van der Waals surface area contributed by atoms with Crippen LogP contribution in [-0.2, 0) is 6.54 Å². The second-order valence-corrected chi connectivity index (χ2v) is 3.36. The van der Waals surface area contributed by atoms with E-state index in [9.17, 15) is 0 Å². The number of hydrogen-bond acceptors (Lipinski definition) is 6. The van der Waals surface area contributed by atoms with Gasteiger partial charge in [0.2, 0.25) is 0 Å². The Balaban J connectivity index is 2.57. The topological polar surface area (TPSA) is 85.9 Å². The molecule has 1 heterocycles. The summed E-state index contributed by atoms with van der Waals surface area (Å²) >= 11 is 0. The van der Waals surface area contributed by atoms with E-state index in [1.165, 1.54) is 4.68 Å². The first-order chi connectivity index (χ1) is 8.81. The van der Waals surface area contributed by atoms with Crippen LogP contribution < -0.4 is 9.47 Å². The Morgan fingerprint density at radius 2 is 2.17 bits per heavy atom. The maximum Gasteiger partial charge on any atom is 0.186 e. The lowest BCUT2D eigenvalue weighted by atomic mass is 10.1. The van der Waals surface area contributed by atoms with Crippen LogP contribution in [-0.4, -0.2) is 34.4 Å². The van der Waals surface area contributed by atoms with Gasteiger partial charge in [0, 0.05) is 0 Å². The van der Waals surface area contributed by atoms with Gasteiger partial charge >= 0.3 is 0 Å². The van der Waals surface area contributed by atoms with Crippen LogP contribution in [0.3, 0.4) is 0 Å². The molecule has 0 amide bonds. The molecule has 0 aliphatic rings. The summed E-state index contributed by atoms with van der Waals surface area (Å²) in [6, 6.07) is 7.39. The van der Waals surface area contributed by atoms with Gasteiger partial charge in [-0.2, -0.15) is 5.26 Å². The van der Waals surface area contributed by atoms with Crippen LogP contribution in [0.5, 0.6) is 11.5 Å². The molecule has 7 heteroatoms. The van der Waals surface area contributed by atoms with Crippen molar-refractivity contribution in [1.29, 1.82) is 5.26 Å². The first-order valence-corrected chi connectivity index (χ1v) is 5.16. The van der Waals surface area contributed by atoms with Gasteiger partial charge in [-0.15, -0.1) is 5.10 Å². The number of methoxy groups -OCH3 is 2. The van der Waals surface area contributed by atoms with Crippen LogP contribution in [0.25, 0.3) is 11.4 Å². The Kier molecular flexibility index (Phi) is 3.38. The van der Waals surface area contributed by atoms with E-state index in [1.807, 2.05) is 12.1 Å². The maximum atomic E-state index is 8.71. The van der Waals surface area contributed by atoms with E-state index in [2.05, 4.69) is 15.5 Å². The normalized spacial score (nSPS) is 9.83. The van der Waals surface area contributed by atoms with Crippen molar-refractivity contribution in [2.24, 2.45) is 0 Å². The number of aromatic nitrogens is 4. The summed E-state index contributed by atoms with van der Waals surface area (Å²) < 4.78 is 11.9. The molecule has 1 aromatic carbocycles. The van der Waals surface area contributed by atoms with Crippen molar-refractivity contribution < 1.29 is 9.47 Å². The van der Waals surface area contributed by atoms with Gasteiger partial charge in [0.15, 0.2) is 17.3 Å². The fraction of sp³-hybridized carbons (Fsp3) is 0.273. The van der Waals surface area contributed by atoms with E-state index in [1.54, 1.807) is 26.4 Å². The van der Waals surface area contributed by atoms with E-state index in [-0.39, 0.29) is 6.54 Å². The van der Waals surface area contributed by atoms with Crippen LogP contribution in [0.2, 0.25) is 0 Å². The third kappa shape index (κ3) is 1.96. The van der Waals surface area contributed by atoms with Crippen molar-refractivity contribution in [2.45, 2.75) is 6.54 Å². The van der Waals surface area contributed by atoms with Crippen LogP contribution in [0, 0.1) is 11.3 Å². The SMILES string of the molecule is COc1cccc(-c2nnnn2CC#N)c1OC. The highest BCUT2D eigenvalue weighted by atomic mass is 16.5. The van der Waals surface area contributed by atoms with Crippen molar-refractivity contribution in [1.82, 2.24) is 20.2 Å². The Morgan fingerprint density at radius 1 is 1.33 bits per heavy atom. The standard InChI is InChI=1S/C11H11N5O2/c1-17-9-5-3-4-8(10(9)18-2)11-13-14-15-16(11)7-6-12/h3-5H,7H2,1-2H3. The summed E-state index contributed by atoms with van der Waals surface area (Å²) in [7, 11) is 3.10. The van der Waals surface area contributed by atoms with E-state index in [4.69, 9.17) is 14.7 Å². The van der Waals surface area contributed by atoms with Crippen molar-refractivity contribution in [3.05, 3.63) is 18.2 Å². The Morgan fingerprint density at radius 3 is 2.83 bits per heavy atom. The molecule has 2 aromatic rings. The van der Waals surface area contributed by atoms with E-state index in [0.717, 1.165) is 0 Å². The molecule has 1 aromatic heterocycles. The second kappa shape index (κ2) is 5.14. The Hall–Kier alpha value is -2.62. The zero-order chi connectivity index (χ0) is 13.0. The van der Waals surface area contributed by atoms with E-state index >= 15 is 0 Å². The summed E-state index contributed by atoms with van der Waals surface area (Å²) in [5.74, 6) is 1.59. The van der Waals surface area contributed by atoms with Crippen LogP contribution in [0.1, 0.15) is 0 Å². The molecule has 7 nitrogen and oxygen atoms in total. The van der Waals surface area contributed by atoms with Crippen LogP contribution >= 0.6 is 0 Å². The van der Waals surface area contributed by atoms with Crippen LogP contribution in [0.15, 0.2) is 18.2 Å². The molecule has 0 saturated heterocycles. The van der Waals surface area contributed by atoms with Crippen molar-refractivity contribution >= 4 is 0 Å². The highest BCUT2D eigenvalue weighted by molar-refractivity contribution is 5.68. The second-order valence-electron chi connectivity index (χ2n) is 3.36. The van der Waals surface area contributed by atoms with Gasteiger partial charge in [-0.05, 0) is 22.6 Å². The summed E-state index contributed by atoms with van der Waals surface area (Å²) in [6.45, 7) is 0.0721. The third-order valence-electron chi connectivity index (χ3n) is 2.40. The summed E-state index contributed by atoms with van der Waals surface area (Å²) in [6.07, 6.45) is 0. The lowest BCUT2D eigenvalue weighted by Gasteiger charge is -2.11. The number of rotatable bonds is 4. The van der Waals surface area contributed by atoms with Crippen LogP contribution in [0.4, 0.5) is 0 Å². The predicted octanol–water partition coefficient (Wildman–Crippen LogP) is 0.881. The van der Waals surface area contributed by atoms with E-state index < -0.39 is 0 Å². The quantitative estimate of drug-likeness (QED) is 0.794. The van der Waals surface area contributed by atoms with Crippen molar-refractivity contribution in [3.8, 4) is 29.0 Å². The Labute approximate surface area is 104 Å². The smallest absolute Gasteiger partial charge is 0.186 e. The van der Waals surface area contributed by atoms with Gasteiger partial charge in [0.05, 0.1) is 25.9 Å². The minimum Gasteiger partial charge on any atom is -0.493 e. The predicted molar refractivity (Wildman–Crippen MR) is 62.0 cm³/mol. The summed E-state index contributed by atoms with van der Waals surface area (Å²) in [5, 5.41) is 19.9. The van der Waals surface area contributed by atoms with E-state index in [0.29, 0.717) is 22.9 Å². The number of hydrogen-bond donors (Lipinski definition) is 0. The molecule has 0 radical (unpaired) electrons. The lowest BCUT2D eigenvalue weighted by Crippen LogP contribution is -2.02. The number of tetrazole rings is 1. The number of nitrogens with zero attached hydrogens (tertiary/aromatic N) is 5. The van der Waals surface area contributed by atoms with Gasteiger partial charge in [-0.3, -0.25) is 0 Å². The summed E-state index contributed by atoms with van der Waals surface area (Å²) in [4.78, 5) is 0. The minimum absolute atomic E-state index is 0.0721. The van der Waals surface area contributed by atoms with Crippen molar-refractivity contribution in [2.75, 3.05) is 14.2 Å². The zero-order valence-electron chi connectivity index (χ0n) is 9.99. The van der Waals surface area contributed by atoms with Gasteiger partial charge in [0.25, 0.3) is 0 Å². The fourth-order valence-corrected chi connectivity index (χ4v) is 1.63. The number of nitriles is 1. The molecule has 0 spiro atoms. The first-order valence-electron chi connectivity index (χ1n) is 5.16. The molecule has 92 valence electrons. The number of benzene rings is 1. The molecule has 0 N–H and O–H groups in total. The molecule has 0 aliphatic heterocycles. The highest BCUT2D eigenvalue weighted by Gasteiger charge is 2.16. The molecule has 0 fully saturated rings. The molecule has 0 saturated carbocycles. The molecule has 0 unspecified atom stereocenters. The Bertz CT molecular complexity index is 587. The average molecular weight is 245 g/mol. The summed E-state index contributed by atoms with van der Waals surface area (Å²) in [5.41, 5.74) is 0.678. The molecular formula is C11H11N5O2. The van der Waals surface area contributed by atoms with Gasteiger partial charge < -0.3 is 9.47 Å². The van der Waals surface area contributed by atoms with Gasteiger partial charge in [0.1, 0.15) is 6.54 Å². The van der Waals surface area contributed by atoms with Crippen molar-refractivity contribution in [3.63, 3.8) is 0 Å². The molecule has 2 rings (SSSR count). The molecule has 0 bridgehead atoms. The molecule has 0 aliphatic carbocycles. The lowest BCUT2D eigenvalue weighted by molar-refractivity contribution is 0.356. The maximum absolute atomic E-state index is 8.71. The fourth-order valence-electron chi connectivity index (χ4n) is 1.63. The molecule has 18 heavy (non-hydrogen) atoms. The zero-order valence-corrected chi connectivity index (χ0v) is 9.99. The largest absolute Gasteiger partial charge is 0.493 e. The van der Waals surface area contributed by atoms with Gasteiger partial charge in [-0.25, -0.2) is 4.68 Å². The molecule has 0 atom stereocenters. The first kappa shape index (κ1) is 11.9.